The van der Waals surface area contributed by atoms with E-state index >= 15 is 0 Å². The smallest absolute Gasteiger partial charge is 0.341 e. The second kappa shape index (κ2) is 6.93. The van der Waals surface area contributed by atoms with Crippen LogP contribution in [0.1, 0.15) is 47.7 Å². The Morgan fingerprint density at radius 3 is 2.43 bits per heavy atom. The van der Waals surface area contributed by atoms with E-state index in [-0.39, 0.29) is 17.2 Å². The van der Waals surface area contributed by atoms with Crippen molar-refractivity contribution in [3.63, 3.8) is 0 Å². The number of phenolic OH excluding ortho intramolecular Hbond substituents is 1. The lowest BCUT2D eigenvalue weighted by Gasteiger charge is -2.18. The average molecular weight is 284 g/mol. The van der Waals surface area contributed by atoms with Gasteiger partial charge in [-0.05, 0) is 25.0 Å². The molecule has 0 spiro atoms. The van der Waals surface area contributed by atoms with Crippen LogP contribution in [0.3, 0.4) is 0 Å². The number of hydrogen-bond acceptors (Lipinski definition) is 3. The van der Waals surface area contributed by atoms with E-state index in [9.17, 15) is 9.90 Å². The SMILES string of the molecule is CCOC(=O)c1cccc(C(CC)c2ccccc2)c1O. The number of phenols is 1. The van der Waals surface area contributed by atoms with Crippen LogP contribution in [0.2, 0.25) is 0 Å². The molecule has 0 aromatic heterocycles. The molecule has 0 amide bonds. The topological polar surface area (TPSA) is 46.5 Å². The molecular formula is C18H20O3. The third-order valence-electron chi connectivity index (χ3n) is 3.55. The number of rotatable bonds is 5. The number of para-hydroxylation sites is 1. The Hall–Kier alpha value is -2.29. The van der Waals surface area contributed by atoms with Gasteiger partial charge in [0.1, 0.15) is 11.3 Å². The maximum atomic E-state index is 11.9. The van der Waals surface area contributed by atoms with Gasteiger partial charge in [0.15, 0.2) is 0 Å². The van der Waals surface area contributed by atoms with Crippen molar-refractivity contribution < 1.29 is 14.6 Å². The number of ether oxygens (including phenoxy) is 1. The zero-order valence-electron chi connectivity index (χ0n) is 12.4. The standard InChI is InChI=1S/C18H20O3/c1-3-14(13-9-6-5-7-10-13)15-11-8-12-16(17(15)19)18(20)21-4-2/h5-12,14,19H,3-4H2,1-2H3. The lowest BCUT2D eigenvalue weighted by atomic mass is 9.87. The number of carbonyl (C=O) groups excluding carboxylic acids is 1. The van der Waals surface area contributed by atoms with E-state index in [1.807, 2.05) is 36.4 Å². The first-order valence-electron chi connectivity index (χ1n) is 7.23. The normalized spacial score (nSPS) is 11.9. The second-order valence-corrected chi connectivity index (χ2v) is 4.84. The van der Waals surface area contributed by atoms with Gasteiger partial charge >= 0.3 is 5.97 Å². The maximum absolute atomic E-state index is 11.9. The van der Waals surface area contributed by atoms with Crippen LogP contribution in [0.25, 0.3) is 0 Å². The van der Waals surface area contributed by atoms with Crippen molar-refractivity contribution in [3.05, 3.63) is 65.2 Å². The highest BCUT2D eigenvalue weighted by Gasteiger charge is 2.21. The van der Waals surface area contributed by atoms with Gasteiger partial charge in [0.2, 0.25) is 0 Å². The van der Waals surface area contributed by atoms with E-state index in [1.54, 1.807) is 19.1 Å². The average Bonchev–Trinajstić information content (AvgIpc) is 2.51. The highest BCUT2D eigenvalue weighted by molar-refractivity contribution is 5.93. The Morgan fingerprint density at radius 2 is 1.81 bits per heavy atom. The number of hydrogen-bond donors (Lipinski definition) is 1. The molecule has 0 radical (unpaired) electrons. The summed E-state index contributed by atoms with van der Waals surface area (Å²) in [5.74, 6) is -0.410. The molecular weight excluding hydrogens is 264 g/mol. The molecule has 0 aliphatic heterocycles. The molecule has 3 heteroatoms. The van der Waals surface area contributed by atoms with Crippen LogP contribution >= 0.6 is 0 Å². The summed E-state index contributed by atoms with van der Waals surface area (Å²) in [5, 5.41) is 10.4. The second-order valence-electron chi connectivity index (χ2n) is 4.84. The quantitative estimate of drug-likeness (QED) is 0.840. The fourth-order valence-electron chi connectivity index (χ4n) is 2.54. The van der Waals surface area contributed by atoms with Crippen molar-refractivity contribution in [2.24, 2.45) is 0 Å². The molecule has 21 heavy (non-hydrogen) atoms. The van der Waals surface area contributed by atoms with Gasteiger partial charge in [0, 0.05) is 11.5 Å². The Kier molecular flexibility index (Phi) is 4.99. The minimum atomic E-state index is -0.486. The van der Waals surface area contributed by atoms with Crippen molar-refractivity contribution in [2.75, 3.05) is 6.61 Å². The predicted octanol–water partition coefficient (Wildman–Crippen LogP) is 4.11. The van der Waals surface area contributed by atoms with E-state index in [0.29, 0.717) is 6.61 Å². The molecule has 1 unspecified atom stereocenters. The number of carbonyl (C=O) groups is 1. The molecule has 0 saturated heterocycles. The summed E-state index contributed by atoms with van der Waals surface area (Å²) >= 11 is 0. The third kappa shape index (κ3) is 3.24. The molecule has 1 N–H and O–H groups in total. The molecule has 0 bridgehead atoms. The summed E-state index contributed by atoms with van der Waals surface area (Å²) < 4.78 is 4.98. The van der Waals surface area contributed by atoms with Gasteiger partial charge in [0.05, 0.1) is 6.61 Å². The van der Waals surface area contributed by atoms with Gasteiger partial charge in [-0.25, -0.2) is 4.79 Å². The fourth-order valence-corrected chi connectivity index (χ4v) is 2.54. The first-order valence-corrected chi connectivity index (χ1v) is 7.23. The maximum Gasteiger partial charge on any atom is 0.341 e. The zero-order chi connectivity index (χ0) is 15.2. The fraction of sp³-hybridized carbons (Fsp3) is 0.278. The summed E-state index contributed by atoms with van der Waals surface area (Å²) in [7, 11) is 0. The van der Waals surface area contributed by atoms with Crippen molar-refractivity contribution in [2.45, 2.75) is 26.2 Å². The largest absolute Gasteiger partial charge is 0.507 e. The van der Waals surface area contributed by atoms with Crippen LogP contribution in [0, 0.1) is 0 Å². The molecule has 1 atom stereocenters. The molecule has 2 aromatic rings. The van der Waals surface area contributed by atoms with E-state index in [1.165, 1.54) is 0 Å². The first kappa shape index (κ1) is 15.1. The number of esters is 1. The van der Waals surface area contributed by atoms with Gasteiger partial charge in [-0.3, -0.25) is 0 Å². The van der Waals surface area contributed by atoms with Crippen LogP contribution in [-0.2, 0) is 4.74 Å². The molecule has 3 nitrogen and oxygen atoms in total. The third-order valence-corrected chi connectivity index (χ3v) is 3.55. The van der Waals surface area contributed by atoms with Gasteiger partial charge in [0.25, 0.3) is 0 Å². The van der Waals surface area contributed by atoms with Crippen LogP contribution in [0.5, 0.6) is 5.75 Å². The Morgan fingerprint density at radius 1 is 1.10 bits per heavy atom. The number of aromatic hydroxyl groups is 1. The molecule has 2 aromatic carbocycles. The van der Waals surface area contributed by atoms with Gasteiger partial charge < -0.3 is 9.84 Å². The van der Waals surface area contributed by atoms with E-state index in [4.69, 9.17) is 4.74 Å². The highest BCUT2D eigenvalue weighted by atomic mass is 16.5. The Labute approximate surface area is 125 Å². The van der Waals surface area contributed by atoms with Gasteiger partial charge in [-0.1, -0.05) is 49.4 Å². The first-order chi connectivity index (χ1) is 10.2. The lowest BCUT2D eigenvalue weighted by molar-refractivity contribution is 0.0523. The summed E-state index contributed by atoms with van der Waals surface area (Å²) in [6, 6.07) is 15.2. The van der Waals surface area contributed by atoms with Crippen molar-refractivity contribution in [3.8, 4) is 5.75 Å². The monoisotopic (exact) mass is 284 g/mol. The van der Waals surface area contributed by atoms with E-state index < -0.39 is 5.97 Å². The molecule has 0 heterocycles. The Bertz CT molecular complexity index is 605. The van der Waals surface area contributed by atoms with Crippen LogP contribution in [0.15, 0.2) is 48.5 Å². The summed E-state index contributed by atoms with van der Waals surface area (Å²) in [6.07, 6.45) is 0.837. The molecule has 0 fully saturated rings. The minimum absolute atomic E-state index is 0.0200. The zero-order valence-corrected chi connectivity index (χ0v) is 12.4. The molecule has 0 aliphatic carbocycles. The molecule has 2 rings (SSSR count). The lowest BCUT2D eigenvalue weighted by Crippen LogP contribution is -2.08. The van der Waals surface area contributed by atoms with E-state index in [0.717, 1.165) is 17.5 Å². The van der Waals surface area contributed by atoms with E-state index in [2.05, 4.69) is 6.92 Å². The van der Waals surface area contributed by atoms with Crippen molar-refractivity contribution in [1.29, 1.82) is 0 Å². The van der Waals surface area contributed by atoms with Gasteiger partial charge in [-0.15, -0.1) is 0 Å². The van der Waals surface area contributed by atoms with Crippen molar-refractivity contribution in [1.82, 2.24) is 0 Å². The number of benzene rings is 2. The molecule has 0 aliphatic rings. The van der Waals surface area contributed by atoms with Crippen molar-refractivity contribution >= 4 is 5.97 Å². The summed E-state index contributed by atoms with van der Waals surface area (Å²) in [5.41, 5.74) is 2.11. The van der Waals surface area contributed by atoms with Crippen LogP contribution in [0.4, 0.5) is 0 Å². The molecule has 110 valence electrons. The van der Waals surface area contributed by atoms with Crippen LogP contribution in [-0.4, -0.2) is 17.7 Å². The van der Waals surface area contributed by atoms with Gasteiger partial charge in [-0.2, -0.15) is 0 Å². The minimum Gasteiger partial charge on any atom is -0.507 e. The highest BCUT2D eigenvalue weighted by Crippen LogP contribution is 2.35. The Balaban J connectivity index is 2.43. The summed E-state index contributed by atoms with van der Waals surface area (Å²) in [4.78, 5) is 11.9. The summed E-state index contributed by atoms with van der Waals surface area (Å²) in [6.45, 7) is 4.10. The van der Waals surface area contributed by atoms with Crippen LogP contribution < -0.4 is 0 Å². The predicted molar refractivity (Wildman–Crippen MR) is 82.6 cm³/mol. The molecule has 0 saturated carbocycles.